The van der Waals surface area contributed by atoms with Crippen molar-refractivity contribution >= 4 is 28.8 Å². The van der Waals surface area contributed by atoms with Crippen molar-refractivity contribution in [2.45, 2.75) is 13.1 Å². The highest BCUT2D eigenvalue weighted by Gasteiger charge is 2.30. The first-order chi connectivity index (χ1) is 16.3. The quantitative estimate of drug-likeness (QED) is 0.283. The smallest absolute Gasteiger partial charge is 0.291 e. The fourth-order valence-electron chi connectivity index (χ4n) is 4.04. The van der Waals surface area contributed by atoms with Crippen LogP contribution >= 0.6 is 0 Å². The topological polar surface area (TPSA) is 41.1 Å². The fraction of sp³-hybridized carbons (Fsp3) is 0.0714. The first kappa shape index (κ1) is 21.5. The van der Waals surface area contributed by atoms with Crippen molar-refractivity contribution in [3.63, 3.8) is 0 Å². The summed E-state index contributed by atoms with van der Waals surface area (Å²) < 4.78 is 41.3. The van der Waals surface area contributed by atoms with Gasteiger partial charge in [0, 0.05) is 0 Å². The highest BCUT2D eigenvalue weighted by atomic mass is 19.4. The molecule has 0 atom stereocenters. The lowest BCUT2D eigenvalue weighted by Crippen LogP contribution is -2.04. The molecule has 0 aliphatic heterocycles. The standard InChI is InChI=1S/C28H18F3N3/c1-18-9-12-20(13-10-18)26-16-21(14-11-19-5-4-6-22(15-19)28(29,30)31)23(17-32)27-33-24-7-2-3-8-25(24)34(26)27/h2-16H,1H3/b14-11+. The Morgan fingerprint density at radius 3 is 2.41 bits per heavy atom. The van der Waals surface area contributed by atoms with E-state index in [9.17, 15) is 18.4 Å². The SMILES string of the molecule is Cc1ccc(-c2cc(/C=C/c3cccc(C(F)(F)F)c3)c(C#N)c3nc4ccccc4n23)cc1. The minimum Gasteiger partial charge on any atom is -0.291 e. The van der Waals surface area contributed by atoms with Crippen LogP contribution in [0.15, 0.2) is 78.9 Å². The van der Waals surface area contributed by atoms with E-state index in [0.29, 0.717) is 22.3 Å². The van der Waals surface area contributed by atoms with Crippen LogP contribution < -0.4 is 0 Å². The maximum Gasteiger partial charge on any atom is 0.416 e. The summed E-state index contributed by atoms with van der Waals surface area (Å²) in [4.78, 5) is 4.71. The maximum atomic E-state index is 13.1. The number of alkyl halides is 3. The number of hydrogen-bond donors (Lipinski definition) is 0. The Morgan fingerprint density at radius 2 is 1.68 bits per heavy atom. The van der Waals surface area contributed by atoms with Gasteiger partial charge in [0.1, 0.15) is 11.6 Å². The van der Waals surface area contributed by atoms with Gasteiger partial charge in [0.25, 0.3) is 0 Å². The second-order valence-corrected chi connectivity index (χ2v) is 8.05. The summed E-state index contributed by atoms with van der Waals surface area (Å²) in [6.07, 6.45) is -1.16. The average molecular weight is 453 g/mol. The van der Waals surface area contributed by atoms with Gasteiger partial charge in [-0.25, -0.2) is 4.98 Å². The number of halogens is 3. The molecule has 3 aromatic carbocycles. The molecule has 0 saturated carbocycles. The third kappa shape index (κ3) is 3.82. The van der Waals surface area contributed by atoms with Crippen molar-refractivity contribution in [2.75, 3.05) is 0 Å². The molecule has 2 aromatic heterocycles. The highest BCUT2D eigenvalue weighted by molar-refractivity contribution is 5.89. The Balaban J connectivity index is 1.74. The number of para-hydroxylation sites is 2. The number of aromatic nitrogens is 2. The van der Waals surface area contributed by atoms with Crippen LogP contribution in [0.2, 0.25) is 0 Å². The van der Waals surface area contributed by atoms with Crippen LogP contribution in [0.25, 0.3) is 40.1 Å². The van der Waals surface area contributed by atoms with Crippen molar-refractivity contribution in [3.05, 3.63) is 107 Å². The zero-order valence-electron chi connectivity index (χ0n) is 18.1. The van der Waals surface area contributed by atoms with Gasteiger partial charge in [0.15, 0.2) is 5.65 Å². The number of nitriles is 1. The molecule has 0 fully saturated rings. The average Bonchev–Trinajstić information content (AvgIpc) is 3.22. The minimum absolute atomic E-state index is 0.357. The van der Waals surface area contributed by atoms with Crippen LogP contribution in [0, 0.1) is 18.3 Å². The molecule has 0 spiro atoms. The Labute approximate surface area is 194 Å². The van der Waals surface area contributed by atoms with Crippen molar-refractivity contribution < 1.29 is 13.2 Å². The van der Waals surface area contributed by atoms with Crippen molar-refractivity contribution in [2.24, 2.45) is 0 Å². The Hall–Kier alpha value is -4.37. The number of aryl methyl sites for hydroxylation is 1. The minimum atomic E-state index is -4.42. The monoisotopic (exact) mass is 453 g/mol. The zero-order chi connectivity index (χ0) is 23.9. The van der Waals surface area contributed by atoms with Crippen LogP contribution in [0.1, 0.15) is 27.8 Å². The lowest BCUT2D eigenvalue weighted by atomic mass is 10.0. The van der Waals surface area contributed by atoms with Crippen LogP contribution in [0.5, 0.6) is 0 Å². The molecule has 0 aliphatic rings. The van der Waals surface area contributed by atoms with E-state index in [1.54, 1.807) is 18.2 Å². The number of hydrogen-bond acceptors (Lipinski definition) is 2. The van der Waals surface area contributed by atoms with Crippen LogP contribution in [-0.2, 0) is 6.18 Å². The summed E-state index contributed by atoms with van der Waals surface area (Å²) >= 11 is 0. The Bertz CT molecular complexity index is 1600. The van der Waals surface area contributed by atoms with E-state index in [1.807, 2.05) is 65.9 Å². The zero-order valence-corrected chi connectivity index (χ0v) is 18.1. The molecule has 0 amide bonds. The molecule has 5 aromatic rings. The molecule has 5 rings (SSSR count). The Morgan fingerprint density at radius 1 is 0.912 bits per heavy atom. The van der Waals surface area contributed by atoms with E-state index in [-0.39, 0.29) is 0 Å². The van der Waals surface area contributed by atoms with Gasteiger partial charge in [-0.15, -0.1) is 0 Å². The lowest BCUT2D eigenvalue weighted by Gasteiger charge is -2.11. The number of rotatable bonds is 3. The van der Waals surface area contributed by atoms with E-state index in [1.165, 1.54) is 6.07 Å². The number of nitrogens with zero attached hydrogens (tertiary/aromatic N) is 3. The molecule has 0 saturated heterocycles. The molecule has 0 aliphatic carbocycles. The molecular weight excluding hydrogens is 435 g/mol. The van der Waals surface area contributed by atoms with Crippen molar-refractivity contribution in [1.82, 2.24) is 9.38 Å². The van der Waals surface area contributed by atoms with Gasteiger partial charge in [-0.2, -0.15) is 18.4 Å². The van der Waals surface area contributed by atoms with E-state index >= 15 is 0 Å². The van der Waals surface area contributed by atoms with Gasteiger partial charge >= 0.3 is 6.18 Å². The molecular formula is C28H18F3N3. The van der Waals surface area contributed by atoms with E-state index < -0.39 is 11.7 Å². The Kier molecular flexibility index (Phi) is 5.18. The van der Waals surface area contributed by atoms with E-state index in [4.69, 9.17) is 4.98 Å². The number of imidazole rings is 1. The summed E-state index contributed by atoms with van der Waals surface area (Å²) in [5.41, 5.74) is 5.65. The van der Waals surface area contributed by atoms with Gasteiger partial charge in [0.05, 0.1) is 22.3 Å². The van der Waals surface area contributed by atoms with Gasteiger partial charge in [-0.3, -0.25) is 4.40 Å². The van der Waals surface area contributed by atoms with Crippen LogP contribution in [-0.4, -0.2) is 9.38 Å². The van der Waals surface area contributed by atoms with Gasteiger partial charge < -0.3 is 0 Å². The third-order valence-corrected chi connectivity index (χ3v) is 5.73. The van der Waals surface area contributed by atoms with Crippen LogP contribution in [0.4, 0.5) is 13.2 Å². The molecule has 6 heteroatoms. The normalized spacial score (nSPS) is 12.0. The first-order valence-electron chi connectivity index (χ1n) is 10.6. The second-order valence-electron chi connectivity index (χ2n) is 8.05. The first-order valence-corrected chi connectivity index (χ1v) is 10.6. The molecule has 166 valence electrons. The number of pyridine rings is 1. The van der Waals surface area contributed by atoms with Crippen LogP contribution in [0.3, 0.4) is 0 Å². The second kappa shape index (κ2) is 8.20. The van der Waals surface area contributed by atoms with Crippen molar-refractivity contribution in [1.29, 1.82) is 5.26 Å². The summed E-state index contributed by atoms with van der Waals surface area (Å²) in [5, 5.41) is 10.0. The summed E-state index contributed by atoms with van der Waals surface area (Å²) in [6, 6.07) is 24.9. The molecule has 0 unspecified atom stereocenters. The van der Waals surface area contributed by atoms with E-state index in [2.05, 4.69) is 6.07 Å². The lowest BCUT2D eigenvalue weighted by molar-refractivity contribution is -0.137. The highest BCUT2D eigenvalue weighted by Crippen LogP contribution is 2.32. The predicted octanol–water partition coefficient (Wildman–Crippen LogP) is 7.52. The number of fused-ring (bicyclic) bond motifs is 3. The maximum absolute atomic E-state index is 13.1. The summed E-state index contributed by atoms with van der Waals surface area (Å²) in [5.74, 6) is 0. The molecule has 0 bridgehead atoms. The number of benzene rings is 3. The molecule has 0 N–H and O–H groups in total. The van der Waals surface area contributed by atoms with E-state index in [0.717, 1.165) is 40.0 Å². The third-order valence-electron chi connectivity index (χ3n) is 5.73. The molecule has 0 radical (unpaired) electrons. The summed E-state index contributed by atoms with van der Waals surface area (Å²) in [7, 11) is 0. The molecule has 2 heterocycles. The van der Waals surface area contributed by atoms with Gasteiger partial charge in [0.2, 0.25) is 0 Å². The molecule has 34 heavy (non-hydrogen) atoms. The summed E-state index contributed by atoms with van der Waals surface area (Å²) in [6.45, 7) is 2.01. The fourth-order valence-corrected chi connectivity index (χ4v) is 4.04. The predicted molar refractivity (Wildman–Crippen MR) is 128 cm³/mol. The van der Waals surface area contributed by atoms with Crippen molar-refractivity contribution in [3.8, 4) is 17.3 Å². The van der Waals surface area contributed by atoms with Gasteiger partial charge in [-0.1, -0.05) is 66.2 Å². The molecule has 3 nitrogen and oxygen atoms in total. The largest absolute Gasteiger partial charge is 0.416 e. The van der Waals surface area contributed by atoms with Gasteiger partial charge in [-0.05, 0) is 53.9 Å².